The monoisotopic (exact) mass is 375 g/mol. The Morgan fingerprint density at radius 2 is 2.00 bits per heavy atom. The van der Waals surface area contributed by atoms with Gasteiger partial charge in [0.25, 0.3) is 0 Å². The van der Waals surface area contributed by atoms with Crippen molar-refractivity contribution >= 4 is 39.2 Å². The molecule has 7 heteroatoms. The number of aryl methyl sites for hydroxylation is 1. The Labute approximate surface area is 161 Å². The van der Waals surface area contributed by atoms with Crippen LogP contribution in [-0.4, -0.2) is 25.5 Å². The van der Waals surface area contributed by atoms with Crippen molar-refractivity contribution in [3.05, 3.63) is 59.5 Å². The SMILES string of the molecule is CC(=O)Nc1ccc(Cn2ccc3c4c(N)nc(C)nc4ccc32)c(CO)c1. The highest BCUT2D eigenvalue weighted by atomic mass is 16.3. The minimum atomic E-state index is -0.144. The van der Waals surface area contributed by atoms with E-state index in [0.717, 1.165) is 32.9 Å². The van der Waals surface area contributed by atoms with E-state index < -0.39 is 0 Å². The summed E-state index contributed by atoms with van der Waals surface area (Å²) < 4.78 is 2.10. The Bertz CT molecular complexity index is 1210. The molecule has 7 nitrogen and oxygen atoms in total. The van der Waals surface area contributed by atoms with Crippen molar-refractivity contribution in [2.75, 3.05) is 11.1 Å². The van der Waals surface area contributed by atoms with Crippen LogP contribution in [-0.2, 0) is 17.9 Å². The van der Waals surface area contributed by atoms with Gasteiger partial charge in [-0.05, 0) is 48.4 Å². The Morgan fingerprint density at radius 3 is 2.75 bits per heavy atom. The topological polar surface area (TPSA) is 106 Å². The Balaban J connectivity index is 1.76. The number of amides is 1. The predicted octanol–water partition coefficient (Wildman–Crippen LogP) is 2.97. The van der Waals surface area contributed by atoms with Crippen LogP contribution in [0.1, 0.15) is 23.9 Å². The van der Waals surface area contributed by atoms with E-state index in [-0.39, 0.29) is 12.5 Å². The second kappa shape index (κ2) is 6.94. The first-order valence-electron chi connectivity index (χ1n) is 8.98. The number of anilines is 2. The second-order valence-electron chi connectivity index (χ2n) is 6.81. The van der Waals surface area contributed by atoms with Crippen molar-refractivity contribution in [1.82, 2.24) is 14.5 Å². The van der Waals surface area contributed by atoms with E-state index in [9.17, 15) is 9.90 Å². The largest absolute Gasteiger partial charge is 0.392 e. The van der Waals surface area contributed by atoms with Crippen LogP contribution in [0.5, 0.6) is 0 Å². The molecule has 28 heavy (non-hydrogen) atoms. The number of fused-ring (bicyclic) bond motifs is 3. The minimum Gasteiger partial charge on any atom is -0.392 e. The molecule has 0 radical (unpaired) electrons. The summed E-state index contributed by atoms with van der Waals surface area (Å²) in [7, 11) is 0. The molecule has 0 saturated heterocycles. The number of hydrogen-bond donors (Lipinski definition) is 3. The summed E-state index contributed by atoms with van der Waals surface area (Å²) in [5.74, 6) is 0.979. The number of carbonyl (C=O) groups is 1. The third-order valence-corrected chi connectivity index (χ3v) is 4.79. The molecule has 142 valence electrons. The summed E-state index contributed by atoms with van der Waals surface area (Å²) in [6.07, 6.45) is 1.99. The van der Waals surface area contributed by atoms with Gasteiger partial charge in [-0.25, -0.2) is 9.97 Å². The van der Waals surface area contributed by atoms with Gasteiger partial charge in [0.2, 0.25) is 5.91 Å². The normalized spacial score (nSPS) is 11.2. The summed E-state index contributed by atoms with van der Waals surface area (Å²) in [6.45, 7) is 3.76. The average molecular weight is 375 g/mol. The number of rotatable bonds is 4. The van der Waals surface area contributed by atoms with Gasteiger partial charge < -0.3 is 20.7 Å². The van der Waals surface area contributed by atoms with E-state index >= 15 is 0 Å². The van der Waals surface area contributed by atoms with Crippen LogP contribution >= 0.6 is 0 Å². The summed E-state index contributed by atoms with van der Waals surface area (Å²) in [6, 6.07) is 11.5. The van der Waals surface area contributed by atoms with Gasteiger partial charge in [-0.3, -0.25) is 4.79 Å². The highest BCUT2D eigenvalue weighted by molar-refractivity contribution is 6.10. The summed E-state index contributed by atoms with van der Waals surface area (Å²) in [5.41, 5.74) is 10.4. The van der Waals surface area contributed by atoms with Gasteiger partial charge in [0.1, 0.15) is 11.6 Å². The number of nitrogens with one attached hydrogen (secondary N) is 1. The van der Waals surface area contributed by atoms with Crippen LogP contribution in [0.2, 0.25) is 0 Å². The van der Waals surface area contributed by atoms with Crippen LogP contribution < -0.4 is 11.1 Å². The quantitative estimate of drug-likeness (QED) is 0.508. The highest BCUT2D eigenvalue weighted by Gasteiger charge is 2.12. The molecule has 0 fully saturated rings. The van der Waals surface area contributed by atoms with Crippen LogP contribution in [0.4, 0.5) is 11.5 Å². The lowest BCUT2D eigenvalue weighted by molar-refractivity contribution is -0.114. The first kappa shape index (κ1) is 17.9. The van der Waals surface area contributed by atoms with Gasteiger partial charge in [-0.2, -0.15) is 0 Å². The van der Waals surface area contributed by atoms with Gasteiger partial charge in [-0.1, -0.05) is 6.07 Å². The maximum Gasteiger partial charge on any atom is 0.221 e. The smallest absolute Gasteiger partial charge is 0.221 e. The van der Waals surface area contributed by atoms with Gasteiger partial charge in [0, 0.05) is 36.3 Å². The van der Waals surface area contributed by atoms with Crippen molar-refractivity contribution in [2.24, 2.45) is 0 Å². The fraction of sp³-hybridized carbons (Fsp3) is 0.190. The lowest BCUT2D eigenvalue weighted by atomic mass is 10.1. The molecule has 0 spiro atoms. The zero-order chi connectivity index (χ0) is 19.8. The highest BCUT2D eigenvalue weighted by Crippen LogP contribution is 2.29. The van der Waals surface area contributed by atoms with E-state index in [1.54, 1.807) is 6.07 Å². The van der Waals surface area contributed by atoms with Gasteiger partial charge in [-0.15, -0.1) is 0 Å². The number of benzene rings is 2. The first-order valence-corrected chi connectivity index (χ1v) is 8.98. The number of nitrogens with zero attached hydrogens (tertiary/aromatic N) is 3. The molecule has 4 N–H and O–H groups in total. The number of aliphatic hydroxyl groups is 1. The van der Waals surface area contributed by atoms with E-state index in [0.29, 0.717) is 23.9 Å². The lowest BCUT2D eigenvalue weighted by Gasteiger charge is -2.13. The third kappa shape index (κ3) is 3.16. The molecular weight excluding hydrogens is 354 g/mol. The fourth-order valence-electron chi connectivity index (χ4n) is 3.58. The maximum atomic E-state index is 11.3. The zero-order valence-electron chi connectivity index (χ0n) is 15.7. The Kier molecular flexibility index (Phi) is 4.44. The molecule has 4 aromatic rings. The van der Waals surface area contributed by atoms with Crippen molar-refractivity contribution in [2.45, 2.75) is 27.0 Å². The summed E-state index contributed by atoms with van der Waals surface area (Å²) in [5, 5.41) is 14.4. The zero-order valence-corrected chi connectivity index (χ0v) is 15.7. The standard InChI is InChI=1S/C21H21N5O2/c1-12-23-18-5-6-19-17(20(18)21(22)24-12)7-8-26(19)10-14-3-4-16(25-13(2)28)9-15(14)11-27/h3-9,27H,10-11H2,1-2H3,(H,25,28)(H2,22,23,24). The van der Waals surface area contributed by atoms with E-state index in [1.807, 2.05) is 43.5 Å². The van der Waals surface area contributed by atoms with Crippen LogP contribution in [0.25, 0.3) is 21.8 Å². The number of aromatic nitrogens is 3. The molecule has 0 aliphatic heterocycles. The molecule has 0 aliphatic carbocycles. The molecular formula is C21H21N5O2. The third-order valence-electron chi connectivity index (χ3n) is 4.79. The first-order chi connectivity index (χ1) is 13.5. The van der Waals surface area contributed by atoms with E-state index in [2.05, 4.69) is 19.9 Å². The molecule has 2 aromatic carbocycles. The number of hydrogen-bond acceptors (Lipinski definition) is 5. The van der Waals surface area contributed by atoms with Crippen molar-refractivity contribution < 1.29 is 9.90 Å². The molecule has 2 aromatic heterocycles. The van der Waals surface area contributed by atoms with Gasteiger partial charge in [0.05, 0.1) is 17.5 Å². The number of nitrogens with two attached hydrogens (primary N) is 1. The van der Waals surface area contributed by atoms with E-state index in [1.165, 1.54) is 6.92 Å². The van der Waals surface area contributed by atoms with E-state index in [4.69, 9.17) is 5.73 Å². The molecule has 2 heterocycles. The Hall–Kier alpha value is -3.45. The Morgan fingerprint density at radius 1 is 1.18 bits per heavy atom. The molecule has 0 aliphatic rings. The molecule has 1 amide bonds. The summed E-state index contributed by atoms with van der Waals surface area (Å²) in [4.78, 5) is 20.0. The number of carbonyl (C=O) groups excluding carboxylic acids is 1. The second-order valence-corrected chi connectivity index (χ2v) is 6.81. The van der Waals surface area contributed by atoms with Gasteiger partial charge >= 0.3 is 0 Å². The average Bonchev–Trinajstić information content (AvgIpc) is 3.04. The van der Waals surface area contributed by atoms with Crippen LogP contribution in [0, 0.1) is 6.92 Å². The number of nitrogen functional groups attached to an aromatic ring is 1. The molecule has 0 bridgehead atoms. The molecule has 0 saturated carbocycles. The molecule has 4 rings (SSSR count). The molecule has 0 unspecified atom stereocenters. The van der Waals surface area contributed by atoms with Crippen LogP contribution in [0.3, 0.4) is 0 Å². The lowest BCUT2D eigenvalue weighted by Crippen LogP contribution is -2.08. The van der Waals surface area contributed by atoms with Crippen molar-refractivity contribution in [3.63, 3.8) is 0 Å². The molecule has 0 atom stereocenters. The fourth-order valence-corrected chi connectivity index (χ4v) is 3.58. The maximum absolute atomic E-state index is 11.3. The summed E-state index contributed by atoms with van der Waals surface area (Å²) >= 11 is 0. The van der Waals surface area contributed by atoms with Crippen molar-refractivity contribution in [1.29, 1.82) is 0 Å². The van der Waals surface area contributed by atoms with Crippen LogP contribution in [0.15, 0.2) is 42.6 Å². The minimum absolute atomic E-state index is 0.106. The van der Waals surface area contributed by atoms with Gasteiger partial charge in [0.15, 0.2) is 0 Å². The predicted molar refractivity (Wildman–Crippen MR) is 110 cm³/mol. The van der Waals surface area contributed by atoms with Crippen molar-refractivity contribution in [3.8, 4) is 0 Å². The number of aliphatic hydroxyl groups excluding tert-OH is 1.